The van der Waals surface area contributed by atoms with Gasteiger partial charge in [0.05, 0.1) is 11.7 Å². The summed E-state index contributed by atoms with van der Waals surface area (Å²) in [5.41, 5.74) is -0.802. The second-order valence-electron chi connectivity index (χ2n) is 3.45. The summed E-state index contributed by atoms with van der Waals surface area (Å²) in [6, 6.07) is 2.07. The summed E-state index contributed by atoms with van der Waals surface area (Å²) in [6.45, 7) is 5.74. The zero-order valence-electron chi connectivity index (χ0n) is 7.34. The fraction of sp³-hybridized carbons (Fsp3) is 0.875. The highest BCUT2D eigenvalue weighted by molar-refractivity contribution is 5.18. The first-order valence-corrected chi connectivity index (χ1v) is 3.60. The van der Waals surface area contributed by atoms with Gasteiger partial charge in [0.1, 0.15) is 5.60 Å². The average Bonchev–Trinajstić information content (AvgIpc) is 2.64. The van der Waals surface area contributed by atoms with Crippen LogP contribution in [0, 0.1) is 11.3 Å². The van der Waals surface area contributed by atoms with Crippen molar-refractivity contribution in [2.75, 3.05) is 7.11 Å². The molecule has 0 spiro atoms. The van der Waals surface area contributed by atoms with Gasteiger partial charge in [0.15, 0.2) is 6.10 Å². The van der Waals surface area contributed by atoms with Crippen LogP contribution in [0.4, 0.5) is 0 Å². The van der Waals surface area contributed by atoms with Crippen molar-refractivity contribution < 1.29 is 9.47 Å². The Morgan fingerprint density at radius 3 is 2.45 bits per heavy atom. The Kier molecular flexibility index (Phi) is 1.70. The standard InChI is InChI=1S/C8H13NO2/c1-7(2,10-4)8(3)6(5-9)11-8/h6H,1-4H3. The van der Waals surface area contributed by atoms with E-state index in [1.54, 1.807) is 7.11 Å². The zero-order chi connectivity index (χ0) is 8.70. The quantitative estimate of drug-likeness (QED) is 0.561. The number of ether oxygens (including phenoxy) is 2. The lowest BCUT2D eigenvalue weighted by atomic mass is 9.89. The molecule has 3 heteroatoms. The third-order valence-corrected chi connectivity index (χ3v) is 2.63. The van der Waals surface area contributed by atoms with Crippen molar-refractivity contribution in [2.45, 2.75) is 38.1 Å². The molecule has 0 aromatic heterocycles. The molecule has 3 nitrogen and oxygen atoms in total. The molecule has 1 aliphatic rings. The van der Waals surface area contributed by atoms with Crippen LogP contribution in [0.3, 0.4) is 0 Å². The number of hydrogen-bond donors (Lipinski definition) is 0. The summed E-state index contributed by atoms with van der Waals surface area (Å²) in [5.74, 6) is 0. The van der Waals surface area contributed by atoms with Crippen molar-refractivity contribution in [2.24, 2.45) is 0 Å². The number of methoxy groups -OCH3 is 1. The monoisotopic (exact) mass is 155 g/mol. The predicted molar refractivity (Wildman–Crippen MR) is 40.0 cm³/mol. The van der Waals surface area contributed by atoms with Gasteiger partial charge in [-0.05, 0) is 20.8 Å². The van der Waals surface area contributed by atoms with Crippen LogP contribution in [-0.2, 0) is 9.47 Å². The second kappa shape index (κ2) is 2.20. The number of hydrogen-bond acceptors (Lipinski definition) is 3. The maximum atomic E-state index is 8.57. The van der Waals surface area contributed by atoms with Gasteiger partial charge in [-0.25, -0.2) is 0 Å². The van der Waals surface area contributed by atoms with Crippen molar-refractivity contribution in [3.63, 3.8) is 0 Å². The van der Waals surface area contributed by atoms with E-state index in [9.17, 15) is 0 Å². The maximum Gasteiger partial charge on any atom is 0.176 e. The number of rotatable bonds is 2. The maximum absolute atomic E-state index is 8.57. The van der Waals surface area contributed by atoms with Crippen molar-refractivity contribution in [1.29, 1.82) is 5.26 Å². The highest BCUT2D eigenvalue weighted by atomic mass is 16.6. The van der Waals surface area contributed by atoms with Crippen LogP contribution in [0.15, 0.2) is 0 Å². The van der Waals surface area contributed by atoms with Crippen molar-refractivity contribution >= 4 is 0 Å². The highest BCUT2D eigenvalue weighted by Gasteiger charge is 2.63. The smallest absolute Gasteiger partial charge is 0.176 e. The Hall–Kier alpha value is -0.590. The number of nitrogens with zero attached hydrogens (tertiary/aromatic N) is 1. The van der Waals surface area contributed by atoms with Crippen LogP contribution in [0.2, 0.25) is 0 Å². The lowest BCUT2D eigenvalue weighted by molar-refractivity contribution is -0.0377. The van der Waals surface area contributed by atoms with Crippen molar-refractivity contribution in [3.8, 4) is 6.07 Å². The van der Waals surface area contributed by atoms with E-state index < -0.39 is 5.60 Å². The highest BCUT2D eigenvalue weighted by Crippen LogP contribution is 2.46. The van der Waals surface area contributed by atoms with Crippen LogP contribution >= 0.6 is 0 Å². The summed E-state index contributed by atoms with van der Waals surface area (Å²) in [4.78, 5) is 0. The number of nitriles is 1. The van der Waals surface area contributed by atoms with Gasteiger partial charge in [0, 0.05) is 7.11 Å². The predicted octanol–water partition coefficient (Wildman–Crippen LogP) is 1.09. The first kappa shape index (κ1) is 8.51. The molecule has 1 aliphatic heterocycles. The molecule has 0 aromatic carbocycles. The zero-order valence-corrected chi connectivity index (χ0v) is 7.34. The van der Waals surface area contributed by atoms with E-state index >= 15 is 0 Å². The summed E-state index contributed by atoms with van der Waals surface area (Å²) >= 11 is 0. The molecule has 1 heterocycles. The third kappa shape index (κ3) is 1.03. The Labute approximate surface area is 66.9 Å². The van der Waals surface area contributed by atoms with Crippen LogP contribution in [0.5, 0.6) is 0 Å². The van der Waals surface area contributed by atoms with Crippen LogP contribution in [0.25, 0.3) is 0 Å². The Morgan fingerprint density at radius 2 is 2.18 bits per heavy atom. The average molecular weight is 155 g/mol. The first-order valence-electron chi connectivity index (χ1n) is 3.60. The minimum absolute atomic E-state index is 0.308. The molecule has 2 unspecified atom stereocenters. The van der Waals surface area contributed by atoms with E-state index in [0.29, 0.717) is 0 Å². The second-order valence-corrected chi connectivity index (χ2v) is 3.45. The molecule has 11 heavy (non-hydrogen) atoms. The molecule has 0 aromatic rings. The fourth-order valence-electron chi connectivity index (χ4n) is 1.02. The summed E-state index contributed by atoms with van der Waals surface area (Å²) < 4.78 is 10.4. The Balaban J connectivity index is 2.71. The molecule has 1 fully saturated rings. The van der Waals surface area contributed by atoms with E-state index in [2.05, 4.69) is 6.07 Å². The lowest BCUT2D eigenvalue weighted by Crippen LogP contribution is -2.40. The Morgan fingerprint density at radius 1 is 1.64 bits per heavy atom. The van der Waals surface area contributed by atoms with E-state index in [1.807, 2.05) is 20.8 Å². The van der Waals surface area contributed by atoms with Gasteiger partial charge in [0.2, 0.25) is 0 Å². The molecular weight excluding hydrogens is 142 g/mol. The fourth-order valence-corrected chi connectivity index (χ4v) is 1.02. The van der Waals surface area contributed by atoms with E-state index in [4.69, 9.17) is 14.7 Å². The van der Waals surface area contributed by atoms with Crippen LogP contribution in [0.1, 0.15) is 20.8 Å². The summed E-state index contributed by atoms with van der Waals surface area (Å²) in [6.07, 6.45) is -0.308. The molecule has 1 rings (SSSR count). The molecular formula is C8H13NO2. The minimum atomic E-state index is -0.420. The van der Waals surface area contributed by atoms with Crippen molar-refractivity contribution in [1.82, 2.24) is 0 Å². The van der Waals surface area contributed by atoms with E-state index in [0.717, 1.165) is 0 Å². The SMILES string of the molecule is COC(C)(C)C1(C)OC1C#N. The molecule has 2 atom stereocenters. The third-order valence-electron chi connectivity index (χ3n) is 2.63. The normalized spacial score (nSPS) is 36.5. The molecule has 0 N–H and O–H groups in total. The summed E-state index contributed by atoms with van der Waals surface area (Å²) in [5, 5.41) is 8.57. The first-order chi connectivity index (χ1) is 4.98. The minimum Gasteiger partial charge on any atom is -0.376 e. The van der Waals surface area contributed by atoms with Gasteiger partial charge < -0.3 is 9.47 Å². The number of epoxide rings is 1. The summed E-state index contributed by atoms with van der Waals surface area (Å²) in [7, 11) is 1.63. The van der Waals surface area contributed by atoms with Crippen LogP contribution < -0.4 is 0 Å². The Bertz CT molecular complexity index is 207. The lowest BCUT2D eigenvalue weighted by Gasteiger charge is -2.27. The van der Waals surface area contributed by atoms with Gasteiger partial charge in [-0.15, -0.1) is 0 Å². The van der Waals surface area contributed by atoms with Gasteiger partial charge in [0.25, 0.3) is 0 Å². The molecule has 0 amide bonds. The van der Waals surface area contributed by atoms with Crippen LogP contribution in [-0.4, -0.2) is 24.4 Å². The van der Waals surface area contributed by atoms with E-state index in [-0.39, 0.29) is 11.7 Å². The molecule has 0 radical (unpaired) electrons. The molecule has 62 valence electrons. The van der Waals surface area contributed by atoms with Gasteiger partial charge >= 0.3 is 0 Å². The molecule has 1 saturated heterocycles. The molecule has 0 saturated carbocycles. The molecule has 0 aliphatic carbocycles. The molecule has 0 bridgehead atoms. The van der Waals surface area contributed by atoms with Gasteiger partial charge in [-0.1, -0.05) is 0 Å². The van der Waals surface area contributed by atoms with E-state index in [1.165, 1.54) is 0 Å². The van der Waals surface area contributed by atoms with Crippen molar-refractivity contribution in [3.05, 3.63) is 0 Å². The topological polar surface area (TPSA) is 45.5 Å². The van der Waals surface area contributed by atoms with Gasteiger partial charge in [-0.2, -0.15) is 5.26 Å². The largest absolute Gasteiger partial charge is 0.376 e. The van der Waals surface area contributed by atoms with Gasteiger partial charge in [-0.3, -0.25) is 0 Å².